The zero-order chi connectivity index (χ0) is 13.4. The zero-order valence-electron chi connectivity index (χ0n) is 8.63. The van der Waals surface area contributed by atoms with E-state index in [-0.39, 0.29) is 0 Å². The highest BCUT2D eigenvalue weighted by molar-refractivity contribution is 4.55. The Bertz CT molecular complexity index is 295. The molecule has 1 N–H and O–H groups in total. The number of nitro groups is 3. The molecule has 2 atom stereocenters. The van der Waals surface area contributed by atoms with E-state index in [4.69, 9.17) is 5.11 Å². The van der Waals surface area contributed by atoms with Crippen LogP contribution < -0.4 is 0 Å². The number of aliphatic hydroxyl groups is 1. The second-order valence-electron chi connectivity index (χ2n) is 3.16. The fourth-order valence-corrected chi connectivity index (χ4v) is 0.917. The van der Waals surface area contributed by atoms with Crippen molar-refractivity contribution in [3.63, 3.8) is 0 Å². The van der Waals surface area contributed by atoms with Gasteiger partial charge >= 0.3 is 0 Å². The van der Waals surface area contributed by atoms with E-state index in [1.807, 2.05) is 0 Å². The molecule has 0 aromatic carbocycles. The van der Waals surface area contributed by atoms with E-state index < -0.39 is 53.2 Å². The number of hydrogen-bond acceptors (Lipinski definition) is 8. The summed E-state index contributed by atoms with van der Waals surface area (Å²) in [4.78, 5) is 27.9. The molecule has 98 valence electrons. The van der Waals surface area contributed by atoms with Crippen molar-refractivity contribution in [1.82, 2.24) is 0 Å². The molecule has 0 spiro atoms. The van der Waals surface area contributed by atoms with Crippen molar-refractivity contribution >= 4 is 0 Å². The van der Waals surface area contributed by atoms with E-state index in [0.717, 1.165) is 0 Å². The number of ether oxygens (including phenoxy) is 1. The van der Waals surface area contributed by atoms with Crippen molar-refractivity contribution in [2.24, 2.45) is 0 Å². The van der Waals surface area contributed by atoms with Crippen LogP contribution in [0.2, 0.25) is 0 Å². The van der Waals surface area contributed by atoms with Crippen LogP contribution in [0.15, 0.2) is 0 Å². The van der Waals surface area contributed by atoms with Gasteiger partial charge in [0.25, 0.3) is 12.6 Å². The molecule has 17 heavy (non-hydrogen) atoms. The lowest BCUT2D eigenvalue weighted by molar-refractivity contribution is -0.590. The molecular formula is C6H11N3O8. The van der Waals surface area contributed by atoms with Gasteiger partial charge in [-0.3, -0.25) is 30.3 Å². The van der Waals surface area contributed by atoms with Crippen molar-refractivity contribution in [3.05, 3.63) is 30.3 Å². The predicted molar refractivity (Wildman–Crippen MR) is 51.3 cm³/mol. The van der Waals surface area contributed by atoms with Gasteiger partial charge in [-0.1, -0.05) is 0 Å². The van der Waals surface area contributed by atoms with Gasteiger partial charge in [0.05, 0.1) is 6.61 Å². The van der Waals surface area contributed by atoms with Crippen molar-refractivity contribution in [2.45, 2.75) is 12.1 Å². The molecule has 0 heterocycles. The van der Waals surface area contributed by atoms with E-state index in [1.54, 1.807) is 0 Å². The average molecular weight is 253 g/mol. The molecule has 0 saturated carbocycles. The highest BCUT2D eigenvalue weighted by atomic mass is 16.6. The lowest BCUT2D eigenvalue weighted by Gasteiger charge is -2.08. The topological polar surface area (TPSA) is 159 Å². The quantitative estimate of drug-likeness (QED) is 0.386. The van der Waals surface area contributed by atoms with Gasteiger partial charge in [0.1, 0.15) is 12.7 Å². The maximum absolute atomic E-state index is 10.3. The van der Waals surface area contributed by atoms with Crippen LogP contribution in [0.1, 0.15) is 0 Å². The summed E-state index contributed by atoms with van der Waals surface area (Å²) in [6.45, 7) is -2.72. The van der Waals surface area contributed by atoms with Crippen molar-refractivity contribution < 1.29 is 24.6 Å². The summed E-state index contributed by atoms with van der Waals surface area (Å²) in [6.07, 6.45) is -1.40. The van der Waals surface area contributed by atoms with Crippen LogP contribution in [0.5, 0.6) is 0 Å². The molecule has 2 unspecified atom stereocenters. The first-order valence-corrected chi connectivity index (χ1v) is 4.45. The predicted octanol–water partition coefficient (Wildman–Crippen LogP) is -1.44. The maximum atomic E-state index is 10.3. The molecule has 0 rings (SSSR count). The lowest BCUT2D eigenvalue weighted by atomic mass is 10.3. The van der Waals surface area contributed by atoms with Crippen molar-refractivity contribution in [3.8, 4) is 0 Å². The highest BCUT2D eigenvalue weighted by Gasteiger charge is 2.27. The zero-order valence-corrected chi connectivity index (χ0v) is 8.63. The standard InChI is InChI=1S/C6H11N3O8/c10-6(2-8(13)14)4-17-3-5(9(15)16)1-7(11)12/h5-6,10H,1-4H2. The summed E-state index contributed by atoms with van der Waals surface area (Å²) in [7, 11) is 0. The molecule has 0 bridgehead atoms. The second-order valence-corrected chi connectivity index (χ2v) is 3.16. The van der Waals surface area contributed by atoms with Gasteiger partial charge in [0.2, 0.25) is 6.54 Å². The lowest BCUT2D eigenvalue weighted by Crippen LogP contribution is -2.35. The minimum atomic E-state index is -1.53. The van der Waals surface area contributed by atoms with E-state index in [9.17, 15) is 30.3 Å². The van der Waals surface area contributed by atoms with Crippen LogP contribution >= 0.6 is 0 Å². The molecule has 0 aliphatic carbocycles. The normalized spacial score (nSPS) is 13.9. The SMILES string of the molecule is O=[N+]([O-])CC(O)COCC(C[N+](=O)[O-])[N+](=O)[O-]. The Balaban J connectivity index is 3.93. The van der Waals surface area contributed by atoms with Crippen LogP contribution in [0, 0.1) is 30.3 Å². The van der Waals surface area contributed by atoms with Crippen LogP contribution in [-0.2, 0) is 4.74 Å². The fraction of sp³-hybridized carbons (Fsp3) is 1.00. The van der Waals surface area contributed by atoms with Crippen LogP contribution in [0.25, 0.3) is 0 Å². The molecule has 11 heteroatoms. The molecule has 0 fully saturated rings. The molecule has 11 nitrogen and oxygen atoms in total. The van der Waals surface area contributed by atoms with Gasteiger partial charge in [0.15, 0.2) is 0 Å². The fourth-order valence-electron chi connectivity index (χ4n) is 0.917. The summed E-state index contributed by atoms with van der Waals surface area (Å²) in [5.74, 6) is 0. The monoisotopic (exact) mass is 253 g/mol. The van der Waals surface area contributed by atoms with Gasteiger partial charge in [0, 0.05) is 14.8 Å². The summed E-state index contributed by atoms with van der Waals surface area (Å²) in [5.41, 5.74) is 0. The Morgan fingerprint density at radius 1 is 1.00 bits per heavy atom. The summed E-state index contributed by atoms with van der Waals surface area (Å²) in [6, 6.07) is -1.53. The first-order chi connectivity index (χ1) is 7.82. The molecule has 0 aromatic heterocycles. The molecule has 0 amide bonds. The minimum Gasteiger partial charge on any atom is -0.384 e. The summed E-state index contributed by atoms with van der Waals surface area (Å²) >= 11 is 0. The Hall–Kier alpha value is -1.88. The second kappa shape index (κ2) is 7.40. The molecule has 0 aromatic rings. The molecule has 0 saturated heterocycles. The van der Waals surface area contributed by atoms with Crippen LogP contribution in [0.4, 0.5) is 0 Å². The van der Waals surface area contributed by atoms with Gasteiger partial charge in [-0.25, -0.2) is 0 Å². The van der Waals surface area contributed by atoms with E-state index in [1.165, 1.54) is 0 Å². The third-order valence-corrected chi connectivity index (χ3v) is 1.64. The number of nitrogens with zero attached hydrogens (tertiary/aromatic N) is 3. The van der Waals surface area contributed by atoms with Gasteiger partial charge in [-0.15, -0.1) is 0 Å². The smallest absolute Gasteiger partial charge is 0.299 e. The number of hydrogen-bond donors (Lipinski definition) is 1. The van der Waals surface area contributed by atoms with E-state index in [2.05, 4.69) is 4.74 Å². The molecule has 0 radical (unpaired) electrons. The molecule has 0 aliphatic rings. The average Bonchev–Trinajstić information content (AvgIpc) is 2.13. The summed E-state index contributed by atoms with van der Waals surface area (Å²) < 4.78 is 4.62. The van der Waals surface area contributed by atoms with E-state index >= 15 is 0 Å². The number of aliphatic hydroxyl groups excluding tert-OH is 1. The van der Waals surface area contributed by atoms with Crippen molar-refractivity contribution in [2.75, 3.05) is 26.3 Å². The minimum absolute atomic E-state index is 0.483. The van der Waals surface area contributed by atoms with Crippen molar-refractivity contribution in [1.29, 1.82) is 0 Å². The summed E-state index contributed by atoms with van der Waals surface area (Å²) in [5, 5.41) is 39.3. The van der Waals surface area contributed by atoms with Gasteiger partial charge in [-0.05, 0) is 0 Å². The first kappa shape index (κ1) is 15.1. The largest absolute Gasteiger partial charge is 0.384 e. The Kier molecular flexibility index (Phi) is 6.58. The molecule has 0 aliphatic heterocycles. The van der Waals surface area contributed by atoms with Crippen LogP contribution in [-0.4, -0.2) is 58.3 Å². The van der Waals surface area contributed by atoms with E-state index in [0.29, 0.717) is 0 Å². The third-order valence-electron chi connectivity index (χ3n) is 1.64. The van der Waals surface area contributed by atoms with Crippen LogP contribution in [0.3, 0.4) is 0 Å². The first-order valence-electron chi connectivity index (χ1n) is 4.45. The van der Waals surface area contributed by atoms with Gasteiger partial charge in [-0.2, -0.15) is 0 Å². The highest BCUT2D eigenvalue weighted by Crippen LogP contribution is 1.95. The third kappa shape index (κ3) is 7.98. The molecular weight excluding hydrogens is 242 g/mol. The Morgan fingerprint density at radius 2 is 1.53 bits per heavy atom. The van der Waals surface area contributed by atoms with Gasteiger partial charge < -0.3 is 9.84 Å². The Labute approximate surface area is 94.4 Å². The Morgan fingerprint density at radius 3 is 1.94 bits per heavy atom. The number of rotatable bonds is 9. The maximum Gasteiger partial charge on any atom is 0.299 e.